The quantitative estimate of drug-likeness (QED) is 0.458. The molecule has 0 unspecified atom stereocenters. The summed E-state index contributed by atoms with van der Waals surface area (Å²) in [6.45, 7) is 4.84. The average molecular weight is 174 g/mol. The molecule has 0 aromatic rings. The summed E-state index contributed by atoms with van der Waals surface area (Å²) in [4.78, 5) is 21.8. The van der Waals surface area contributed by atoms with E-state index in [0.29, 0.717) is 0 Å². The van der Waals surface area contributed by atoms with Gasteiger partial charge < -0.3 is 9.47 Å². The van der Waals surface area contributed by atoms with Crippen molar-refractivity contribution in [2.24, 2.45) is 5.41 Å². The molecule has 0 aliphatic heterocycles. The van der Waals surface area contributed by atoms with Gasteiger partial charge in [0.15, 0.2) is 0 Å². The third-order valence-electron chi connectivity index (χ3n) is 1.08. The van der Waals surface area contributed by atoms with Crippen molar-refractivity contribution in [1.82, 2.24) is 0 Å². The van der Waals surface area contributed by atoms with Gasteiger partial charge in [0.05, 0.1) is 5.41 Å². The van der Waals surface area contributed by atoms with Gasteiger partial charge in [0.2, 0.25) is 0 Å². The summed E-state index contributed by atoms with van der Waals surface area (Å²) in [6.07, 6.45) is 0. The molecular weight excluding hydrogens is 160 g/mol. The smallest absolute Gasteiger partial charge is 0.339 e. The van der Waals surface area contributed by atoms with Crippen LogP contribution in [0.15, 0.2) is 0 Å². The van der Waals surface area contributed by atoms with Gasteiger partial charge in [-0.15, -0.1) is 0 Å². The van der Waals surface area contributed by atoms with E-state index in [9.17, 15) is 9.59 Å². The average Bonchev–Trinajstić information content (AvgIpc) is 1.85. The molecule has 0 atom stereocenters. The highest BCUT2D eigenvalue weighted by Crippen LogP contribution is 2.14. The Morgan fingerprint density at radius 2 is 1.75 bits per heavy atom. The van der Waals surface area contributed by atoms with Crippen molar-refractivity contribution in [1.29, 1.82) is 0 Å². The Labute approximate surface area is 71.8 Å². The van der Waals surface area contributed by atoms with Crippen LogP contribution in [0.4, 0.5) is 0 Å². The molecule has 70 valence electrons. The predicted molar refractivity (Wildman–Crippen MR) is 42.4 cm³/mol. The van der Waals surface area contributed by atoms with Crippen molar-refractivity contribution in [3.8, 4) is 0 Å². The molecular formula is C8H14O4. The van der Waals surface area contributed by atoms with Crippen molar-refractivity contribution in [2.75, 3.05) is 13.7 Å². The van der Waals surface area contributed by atoms with E-state index in [1.165, 1.54) is 7.11 Å². The lowest BCUT2D eigenvalue weighted by Crippen LogP contribution is -2.27. The minimum absolute atomic E-state index is 0.193. The fourth-order valence-corrected chi connectivity index (χ4v) is 0.404. The lowest BCUT2D eigenvalue weighted by molar-refractivity contribution is -0.167. The maximum absolute atomic E-state index is 11.1. The Morgan fingerprint density at radius 3 is 2.08 bits per heavy atom. The summed E-state index contributed by atoms with van der Waals surface area (Å²) in [5, 5.41) is 0. The molecule has 0 bridgehead atoms. The van der Waals surface area contributed by atoms with Crippen LogP contribution in [0.3, 0.4) is 0 Å². The number of carbonyl (C=O) groups is 2. The van der Waals surface area contributed by atoms with Crippen LogP contribution in [0.25, 0.3) is 0 Å². The Bertz CT molecular complexity index is 178. The molecule has 0 spiro atoms. The van der Waals surface area contributed by atoms with Crippen molar-refractivity contribution in [3.05, 3.63) is 0 Å². The van der Waals surface area contributed by atoms with Crippen LogP contribution < -0.4 is 0 Å². The number of carbonyl (C=O) groups excluding carboxylic acids is 2. The Kier molecular flexibility index (Phi) is 3.89. The Balaban J connectivity index is 3.94. The van der Waals surface area contributed by atoms with E-state index in [-0.39, 0.29) is 6.61 Å². The minimum Gasteiger partial charge on any atom is -0.391 e. The van der Waals surface area contributed by atoms with E-state index >= 15 is 0 Å². The minimum atomic E-state index is -0.655. The number of hydrogen-bond acceptors (Lipinski definition) is 4. The predicted octanol–water partition coefficient (Wildman–Crippen LogP) is 0.749. The zero-order valence-corrected chi connectivity index (χ0v) is 7.84. The highest BCUT2D eigenvalue weighted by atomic mass is 16.6. The largest absolute Gasteiger partial charge is 0.391 e. The summed E-state index contributed by atoms with van der Waals surface area (Å²) in [5.74, 6) is -1.19. The summed E-state index contributed by atoms with van der Waals surface area (Å²) >= 11 is 0. The second-order valence-corrected chi connectivity index (χ2v) is 3.44. The molecule has 0 amide bonds. The summed E-state index contributed by atoms with van der Waals surface area (Å²) in [7, 11) is 1.36. The first-order chi connectivity index (χ1) is 5.38. The van der Waals surface area contributed by atoms with Crippen LogP contribution in [0.1, 0.15) is 20.8 Å². The molecule has 0 saturated heterocycles. The SMILES string of the molecule is COCC(=O)OC(=O)C(C)(C)C. The van der Waals surface area contributed by atoms with E-state index < -0.39 is 17.4 Å². The number of rotatable bonds is 2. The number of ether oxygens (including phenoxy) is 2. The summed E-state index contributed by atoms with van der Waals surface area (Å²) in [6, 6.07) is 0. The number of esters is 2. The molecule has 0 aliphatic rings. The van der Waals surface area contributed by atoms with Crippen LogP contribution in [0.2, 0.25) is 0 Å². The first-order valence-electron chi connectivity index (χ1n) is 3.62. The third kappa shape index (κ3) is 4.08. The Hall–Kier alpha value is -0.900. The first kappa shape index (κ1) is 11.1. The van der Waals surface area contributed by atoms with Crippen LogP contribution >= 0.6 is 0 Å². The second-order valence-electron chi connectivity index (χ2n) is 3.44. The topological polar surface area (TPSA) is 52.6 Å². The molecule has 0 fully saturated rings. The van der Waals surface area contributed by atoms with Crippen LogP contribution in [0.5, 0.6) is 0 Å². The van der Waals surface area contributed by atoms with Gasteiger partial charge in [-0.2, -0.15) is 0 Å². The molecule has 0 heterocycles. The standard InChI is InChI=1S/C8H14O4/c1-8(2,3)7(10)12-6(9)5-11-4/h5H2,1-4H3. The Morgan fingerprint density at radius 1 is 1.25 bits per heavy atom. The van der Waals surface area contributed by atoms with Crippen molar-refractivity contribution in [2.45, 2.75) is 20.8 Å². The fourth-order valence-electron chi connectivity index (χ4n) is 0.404. The molecule has 0 aromatic carbocycles. The molecule has 0 aliphatic carbocycles. The van der Waals surface area contributed by atoms with Gasteiger partial charge in [0, 0.05) is 7.11 Å². The normalized spacial score (nSPS) is 11.0. The molecule has 0 rings (SSSR count). The molecule has 12 heavy (non-hydrogen) atoms. The van der Waals surface area contributed by atoms with Gasteiger partial charge in [-0.05, 0) is 20.8 Å². The zero-order valence-electron chi connectivity index (χ0n) is 7.84. The van der Waals surface area contributed by atoms with Crippen LogP contribution in [-0.4, -0.2) is 25.7 Å². The fraction of sp³-hybridized carbons (Fsp3) is 0.750. The van der Waals surface area contributed by atoms with Crippen molar-refractivity contribution >= 4 is 11.9 Å². The van der Waals surface area contributed by atoms with E-state index in [1.807, 2.05) is 0 Å². The van der Waals surface area contributed by atoms with Gasteiger partial charge in [-0.1, -0.05) is 0 Å². The maximum Gasteiger partial charge on any atom is 0.339 e. The lowest BCUT2D eigenvalue weighted by atomic mass is 9.97. The second kappa shape index (κ2) is 4.21. The van der Waals surface area contributed by atoms with E-state index in [1.54, 1.807) is 20.8 Å². The molecule has 0 N–H and O–H groups in total. The van der Waals surface area contributed by atoms with Gasteiger partial charge in [-0.25, -0.2) is 4.79 Å². The molecule has 4 nitrogen and oxygen atoms in total. The number of hydrogen-bond donors (Lipinski definition) is 0. The zero-order chi connectivity index (χ0) is 9.78. The molecule has 4 heteroatoms. The summed E-state index contributed by atoms with van der Waals surface area (Å²) < 4.78 is 8.94. The van der Waals surface area contributed by atoms with E-state index in [2.05, 4.69) is 9.47 Å². The van der Waals surface area contributed by atoms with E-state index in [0.717, 1.165) is 0 Å². The monoisotopic (exact) mass is 174 g/mol. The van der Waals surface area contributed by atoms with Gasteiger partial charge >= 0.3 is 11.9 Å². The van der Waals surface area contributed by atoms with Gasteiger partial charge in [0.25, 0.3) is 0 Å². The summed E-state index contributed by atoms with van der Waals surface area (Å²) in [5.41, 5.74) is -0.649. The maximum atomic E-state index is 11.1. The first-order valence-corrected chi connectivity index (χ1v) is 3.62. The highest BCUT2D eigenvalue weighted by molar-refractivity contribution is 5.88. The third-order valence-corrected chi connectivity index (χ3v) is 1.08. The molecule has 0 radical (unpaired) electrons. The number of methoxy groups -OCH3 is 1. The van der Waals surface area contributed by atoms with Crippen LogP contribution in [-0.2, 0) is 19.1 Å². The van der Waals surface area contributed by atoms with Gasteiger partial charge in [-0.3, -0.25) is 4.79 Å². The molecule has 0 aromatic heterocycles. The lowest BCUT2D eigenvalue weighted by Gasteiger charge is -2.14. The molecule has 0 saturated carbocycles. The van der Waals surface area contributed by atoms with Crippen molar-refractivity contribution < 1.29 is 19.1 Å². The van der Waals surface area contributed by atoms with E-state index in [4.69, 9.17) is 0 Å². The van der Waals surface area contributed by atoms with Crippen LogP contribution in [0, 0.1) is 5.41 Å². The highest BCUT2D eigenvalue weighted by Gasteiger charge is 2.25. The van der Waals surface area contributed by atoms with Gasteiger partial charge in [0.1, 0.15) is 6.61 Å². The van der Waals surface area contributed by atoms with Crippen molar-refractivity contribution in [3.63, 3.8) is 0 Å².